The molecule has 31 heavy (non-hydrogen) atoms. The van der Waals surface area contributed by atoms with Gasteiger partial charge in [-0.1, -0.05) is 18.2 Å². The first-order valence-corrected chi connectivity index (χ1v) is 10.00. The summed E-state index contributed by atoms with van der Waals surface area (Å²) in [5.41, 5.74) is 6.32. The number of furan rings is 1. The highest BCUT2D eigenvalue weighted by Crippen LogP contribution is 2.30. The van der Waals surface area contributed by atoms with E-state index in [-0.39, 0.29) is 11.9 Å². The maximum absolute atomic E-state index is 13.0. The third-order valence-electron chi connectivity index (χ3n) is 5.68. The number of ether oxygens (including phenoxy) is 1. The van der Waals surface area contributed by atoms with Crippen molar-refractivity contribution < 1.29 is 18.7 Å². The van der Waals surface area contributed by atoms with E-state index in [1.54, 1.807) is 25.1 Å². The zero-order valence-electron chi connectivity index (χ0n) is 17.4. The van der Waals surface area contributed by atoms with Crippen molar-refractivity contribution >= 4 is 29.4 Å². The highest BCUT2D eigenvalue weighted by Gasteiger charge is 2.29. The number of benzene rings is 2. The van der Waals surface area contributed by atoms with Gasteiger partial charge >= 0.3 is 5.97 Å². The molecule has 6 heteroatoms. The summed E-state index contributed by atoms with van der Waals surface area (Å²) in [6, 6.07) is 15.0. The van der Waals surface area contributed by atoms with Crippen molar-refractivity contribution in [2.45, 2.75) is 27.4 Å². The van der Waals surface area contributed by atoms with E-state index in [0.29, 0.717) is 35.0 Å². The summed E-state index contributed by atoms with van der Waals surface area (Å²) in [7, 11) is 0. The summed E-state index contributed by atoms with van der Waals surface area (Å²) in [6.07, 6.45) is 1.70. The zero-order valence-corrected chi connectivity index (χ0v) is 17.4. The number of esters is 1. The normalized spacial score (nSPS) is 16.7. The number of nitrogens with zero attached hydrogens (tertiary/aromatic N) is 2. The van der Waals surface area contributed by atoms with E-state index in [9.17, 15) is 9.59 Å². The number of amides is 1. The molecular weight excluding hydrogens is 392 g/mol. The Bertz CT molecular complexity index is 1310. The molecule has 0 aliphatic carbocycles. The van der Waals surface area contributed by atoms with Crippen LogP contribution in [-0.2, 0) is 16.1 Å². The fraction of sp³-hybridized carbons (Fsp3) is 0.160. The van der Waals surface area contributed by atoms with Gasteiger partial charge in [-0.25, -0.2) is 4.79 Å². The molecule has 5 rings (SSSR count). The summed E-state index contributed by atoms with van der Waals surface area (Å²) < 4.78 is 11.0. The number of carbonyl (C=O) groups excluding carboxylic acids is 2. The molecule has 0 saturated carbocycles. The second-order valence-corrected chi connectivity index (χ2v) is 7.78. The standard InChI is InChI=1S/C25H20N2O4/c1-14-4-7-19(10-15(14)2)27-24(28)21(16(3)26-27)12-20-8-9-23(31-20)17-5-6-18-13-30-25(29)22(18)11-17/h4-12H,13H2,1-3H3. The number of hydrazone groups is 1. The number of hydrogen-bond donors (Lipinski definition) is 0. The summed E-state index contributed by atoms with van der Waals surface area (Å²) in [5, 5.41) is 5.86. The lowest BCUT2D eigenvalue weighted by atomic mass is 10.0. The molecule has 0 fully saturated rings. The van der Waals surface area contributed by atoms with Crippen LogP contribution in [-0.4, -0.2) is 17.6 Å². The molecule has 6 nitrogen and oxygen atoms in total. The first-order chi connectivity index (χ1) is 14.9. The summed E-state index contributed by atoms with van der Waals surface area (Å²) >= 11 is 0. The van der Waals surface area contributed by atoms with Crippen LogP contribution in [0.15, 0.2) is 63.6 Å². The van der Waals surface area contributed by atoms with Gasteiger partial charge in [0.2, 0.25) is 0 Å². The topological polar surface area (TPSA) is 72.1 Å². The lowest BCUT2D eigenvalue weighted by Crippen LogP contribution is -2.21. The number of fused-ring (bicyclic) bond motifs is 1. The van der Waals surface area contributed by atoms with Gasteiger partial charge in [0.25, 0.3) is 5.91 Å². The average molecular weight is 412 g/mol. The third-order valence-corrected chi connectivity index (χ3v) is 5.68. The number of hydrogen-bond acceptors (Lipinski definition) is 5. The van der Waals surface area contributed by atoms with Crippen molar-refractivity contribution in [1.29, 1.82) is 0 Å². The predicted molar refractivity (Wildman–Crippen MR) is 118 cm³/mol. The van der Waals surface area contributed by atoms with E-state index in [1.165, 1.54) is 5.01 Å². The highest BCUT2D eigenvalue weighted by molar-refractivity contribution is 6.32. The summed E-state index contributed by atoms with van der Waals surface area (Å²) in [6.45, 7) is 6.15. The lowest BCUT2D eigenvalue weighted by Gasteiger charge is -2.13. The second kappa shape index (κ2) is 7.09. The van der Waals surface area contributed by atoms with E-state index in [2.05, 4.69) is 5.10 Å². The maximum atomic E-state index is 13.0. The molecule has 2 aliphatic heterocycles. The van der Waals surface area contributed by atoms with Crippen LogP contribution in [0.25, 0.3) is 17.4 Å². The molecule has 2 aromatic carbocycles. The van der Waals surface area contributed by atoms with E-state index in [1.807, 2.05) is 50.2 Å². The van der Waals surface area contributed by atoms with Crippen molar-refractivity contribution in [3.8, 4) is 11.3 Å². The van der Waals surface area contributed by atoms with E-state index < -0.39 is 0 Å². The first kappa shape index (κ1) is 19.1. The molecule has 1 aromatic heterocycles. The Morgan fingerprint density at radius 1 is 0.968 bits per heavy atom. The summed E-state index contributed by atoms with van der Waals surface area (Å²) in [5.74, 6) is 0.637. The Kier molecular flexibility index (Phi) is 4.36. The Morgan fingerprint density at radius 3 is 2.61 bits per heavy atom. The van der Waals surface area contributed by atoms with Crippen molar-refractivity contribution in [2.75, 3.05) is 5.01 Å². The van der Waals surface area contributed by atoms with Crippen molar-refractivity contribution in [1.82, 2.24) is 0 Å². The van der Waals surface area contributed by atoms with Crippen LogP contribution < -0.4 is 5.01 Å². The van der Waals surface area contributed by atoms with E-state index in [4.69, 9.17) is 9.15 Å². The van der Waals surface area contributed by atoms with Gasteiger partial charge in [0.15, 0.2) is 0 Å². The first-order valence-electron chi connectivity index (χ1n) is 10.00. The van der Waals surface area contributed by atoms with Crippen molar-refractivity contribution in [3.05, 3.63) is 82.1 Å². The van der Waals surface area contributed by atoms with Crippen LogP contribution in [0.5, 0.6) is 0 Å². The fourth-order valence-corrected chi connectivity index (χ4v) is 3.71. The molecule has 1 amide bonds. The molecule has 2 aliphatic rings. The largest absolute Gasteiger partial charge is 0.457 e. The molecule has 0 radical (unpaired) electrons. The summed E-state index contributed by atoms with van der Waals surface area (Å²) in [4.78, 5) is 24.8. The molecular formula is C25H20N2O4. The Hall–Kier alpha value is -3.93. The Morgan fingerprint density at radius 2 is 1.81 bits per heavy atom. The second-order valence-electron chi connectivity index (χ2n) is 7.78. The maximum Gasteiger partial charge on any atom is 0.338 e. The van der Waals surface area contributed by atoms with Crippen LogP contribution in [0.2, 0.25) is 0 Å². The smallest absolute Gasteiger partial charge is 0.338 e. The van der Waals surface area contributed by atoms with Gasteiger partial charge in [-0.2, -0.15) is 10.1 Å². The van der Waals surface area contributed by atoms with E-state index >= 15 is 0 Å². The number of cyclic esters (lactones) is 1. The molecule has 0 bridgehead atoms. The number of aryl methyl sites for hydroxylation is 2. The van der Waals surface area contributed by atoms with Crippen LogP contribution >= 0.6 is 0 Å². The van der Waals surface area contributed by atoms with Crippen LogP contribution in [0.3, 0.4) is 0 Å². The molecule has 0 atom stereocenters. The molecule has 0 N–H and O–H groups in total. The molecule has 3 aromatic rings. The van der Waals surface area contributed by atoms with Gasteiger partial charge in [-0.3, -0.25) is 4.79 Å². The van der Waals surface area contributed by atoms with Gasteiger partial charge in [-0.15, -0.1) is 0 Å². The highest BCUT2D eigenvalue weighted by atomic mass is 16.5. The molecule has 0 unspecified atom stereocenters. The van der Waals surface area contributed by atoms with Gasteiger partial charge in [0, 0.05) is 11.1 Å². The monoisotopic (exact) mass is 412 g/mol. The minimum Gasteiger partial charge on any atom is -0.457 e. The van der Waals surface area contributed by atoms with Crippen LogP contribution in [0, 0.1) is 13.8 Å². The predicted octanol–water partition coefficient (Wildman–Crippen LogP) is 5.04. The lowest BCUT2D eigenvalue weighted by molar-refractivity contribution is -0.114. The average Bonchev–Trinajstić information content (AvgIpc) is 3.45. The van der Waals surface area contributed by atoms with Gasteiger partial charge in [0.05, 0.1) is 22.5 Å². The van der Waals surface area contributed by atoms with Crippen molar-refractivity contribution in [2.24, 2.45) is 5.10 Å². The van der Waals surface area contributed by atoms with E-state index in [0.717, 1.165) is 27.9 Å². The third kappa shape index (κ3) is 3.26. The number of anilines is 1. The number of rotatable bonds is 3. The van der Waals surface area contributed by atoms with Crippen LogP contribution in [0.4, 0.5) is 5.69 Å². The molecule has 3 heterocycles. The molecule has 154 valence electrons. The zero-order chi connectivity index (χ0) is 21.7. The molecule has 0 saturated heterocycles. The Labute approximate surface area is 179 Å². The minimum absolute atomic E-state index is 0.195. The van der Waals surface area contributed by atoms with Gasteiger partial charge in [-0.05, 0) is 68.3 Å². The fourth-order valence-electron chi connectivity index (χ4n) is 3.71. The van der Waals surface area contributed by atoms with Gasteiger partial charge in [0.1, 0.15) is 18.1 Å². The Balaban J connectivity index is 1.43. The molecule has 0 spiro atoms. The quantitative estimate of drug-likeness (QED) is 0.446. The minimum atomic E-state index is -0.319. The number of carbonyl (C=O) groups is 2. The van der Waals surface area contributed by atoms with Crippen molar-refractivity contribution in [3.63, 3.8) is 0 Å². The van der Waals surface area contributed by atoms with Crippen LogP contribution in [0.1, 0.15) is 39.7 Å². The SMILES string of the molecule is CC1=NN(c2ccc(C)c(C)c2)C(=O)C1=Cc1ccc(-c2ccc3c(c2)C(=O)OC3)o1. The van der Waals surface area contributed by atoms with Gasteiger partial charge < -0.3 is 9.15 Å².